The lowest BCUT2D eigenvalue weighted by Gasteiger charge is -2.04. The van der Waals surface area contributed by atoms with Gasteiger partial charge in [-0.25, -0.2) is 0 Å². The van der Waals surface area contributed by atoms with Crippen LogP contribution in [-0.2, 0) is 0 Å². The minimum absolute atomic E-state index is 0.0536. The summed E-state index contributed by atoms with van der Waals surface area (Å²) < 4.78 is 0. The Morgan fingerprint density at radius 1 is 1.06 bits per heavy atom. The number of hydrogen-bond donors (Lipinski definition) is 2. The number of hydrogen-bond acceptors (Lipinski definition) is 3. The summed E-state index contributed by atoms with van der Waals surface area (Å²) in [5, 5.41) is 8.79. The molecule has 0 saturated heterocycles. The first kappa shape index (κ1) is 11.4. The van der Waals surface area contributed by atoms with E-state index >= 15 is 0 Å². The van der Waals surface area contributed by atoms with Gasteiger partial charge in [0.05, 0.1) is 5.69 Å². The maximum absolute atomic E-state index is 12.1. The smallest absolute Gasteiger partial charge is 0.193 e. The summed E-state index contributed by atoms with van der Waals surface area (Å²) >= 11 is 0. The Kier molecular flexibility index (Phi) is 3.21. The van der Waals surface area contributed by atoms with Crippen LogP contribution in [0.2, 0.25) is 0 Å². The van der Waals surface area contributed by atoms with Crippen LogP contribution in [0.3, 0.4) is 0 Å². The molecule has 0 unspecified atom stereocenters. The van der Waals surface area contributed by atoms with Crippen LogP contribution in [0, 0.1) is 6.92 Å². The van der Waals surface area contributed by atoms with Crippen LogP contribution in [0.5, 0.6) is 0 Å². The highest BCUT2D eigenvalue weighted by Gasteiger charge is 2.08. The van der Waals surface area contributed by atoms with Crippen molar-refractivity contribution >= 4 is 11.5 Å². The van der Waals surface area contributed by atoms with E-state index in [0.717, 1.165) is 5.56 Å². The van der Waals surface area contributed by atoms with Crippen LogP contribution in [0.1, 0.15) is 21.5 Å². The van der Waals surface area contributed by atoms with E-state index in [9.17, 15) is 4.79 Å². The highest BCUT2D eigenvalue weighted by atomic mass is 16.5. The van der Waals surface area contributed by atoms with Crippen LogP contribution < -0.4 is 5.48 Å². The van der Waals surface area contributed by atoms with Gasteiger partial charge in [-0.15, -0.1) is 0 Å². The molecule has 0 aliphatic heterocycles. The van der Waals surface area contributed by atoms with E-state index in [4.69, 9.17) is 5.21 Å². The maximum Gasteiger partial charge on any atom is 0.193 e. The summed E-state index contributed by atoms with van der Waals surface area (Å²) in [6.07, 6.45) is 0. The lowest BCUT2D eigenvalue weighted by molar-refractivity contribution is 0.103. The number of rotatable bonds is 3. The van der Waals surface area contributed by atoms with E-state index in [2.05, 4.69) is 0 Å². The third-order valence-corrected chi connectivity index (χ3v) is 2.57. The first-order valence-electron chi connectivity index (χ1n) is 5.32. The van der Waals surface area contributed by atoms with Gasteiger partial charge in [0.1, 0.15) is 0 Å². The number of benzene rings is 2. The Balaban J connectivity index is 2.33. The zero-order chi connectivity index (χ0) is 12.3. The molecule has 0 radical (unpaired) electrons. The average Bonchev–Trinajstić information content (AvgIpc) is 2.39. The lowest BCUT2D eigenvalue weighted by atomic mass is 10.0. The second-order valence-electron chi connectivity index (χ2n) is 3.89. The topological polar surface area (TPSA) is 49.3 Å². The number of anilines is 1. The van der Waals surface area contributed by atoms with E-state index in [-0.39, 0.29) is 5.78 Å². The van der Waals surface area contributed by atoms with Crippen LogP contribution in [0.4, 0.5) is 5.69 Å². The van der Waals surface area contributed by atoms with Gasteiger partial charge in [0.25, 0.3) is 0 Å². The molecule has 0 atom stereocenters. The normalized spacial score (nSPS) is 10.0. The summed E-state index contributed by atoms with van der Waals surface area (Å²) in [6, 6.07) is 14.2. The summed E-state index contributed by atoms with van der Waals surface area (Å²) in [5.74, 6) is -0.0536. The molecule has 3 nitrogen and oxygen atoms in total. The van der Waals surface area contributed by atoms with E-state index < -0.39 is 0 Å². The molecule has 3 heteroatoms. The van der Waals surface area contributed by atoms with Gasteiger partial charge >= 0.3 is 0 Å². The predicted octanol–water partition coefficient (Wildman–Crippen LogP) is 3.03. The Labute approximate surface area is 99.7 Å². The van der Waals surface area contributed by atoms with Crippen molar-refractivity contribution in [3.05, 3.63) is 65.2 Å². The number of ketones is 1. The van der Waals surface area contributed by atoms with Gasteiger partial charge in [-0.1, -0.05) is 42.0 Å². The first-order valence-corrected chi connectivity index (χ1v) is 5.32. The molecule has 0 aromatic heterocycles. The van der Waals surface area contributed by atoms with E-state index in [1.807, 2.05) is 24.5 Å². The highest BCUT2D eigenvalue weighted by Crippen LogP contribution is 2.14. The first-order chi connectivity index (χ1) is 8.20. The van der Waals surface area contributed by atoms with Crippen LogP contribution in [0.15, 0.2) is 48.5 Å². The molecule has 0 spiro atoms. The van der Waals surface area contributed by atoms with Gasteiger partial charge in [0.15, 0.2) is 5.78 Å². The van der Waals surface area contributed by atoms with Gasteiger partial charge in [0, 0.05) is 11.1 Å². The molecule has 0 bridgehead atoms. The molecule has 2 N–H and O–H groups in total. The minimum Gasteiger partial charge on any atom is -0.291 e. The maximum atomic E-state index is 12.1. The molecule has 2 rings (SSSR count). The molecular weight excluding hydrogens is 214 g/mol. The Bertz CT molecular complexity index is 532. The van der Waals surface area contributed by atoms with Crippen molar-refractivity contribution in [3.63, 3.8) is 0 Å². The van der Waals surface area contributed by atoms with Gasteiger partial charge in [-0.05, 0) is 19.1 Å². The molecule has 0 aliphatic carbocycles. The molecule has 17 heavy (non-hydrogen) atoms. The summed E-state index contributed by atoms with van der Waals surface area (Å²) in [6.45, 7) is 1.98. The van der Waals surface area contributed by atoms with Crippen molar-refractivity contribution in [1.82, 2.24) is 0 Å². The molecular formula is C14H13NO2. The summed E-state index contributed by atoms with van der Waals surface area (Å²) in [4.78, 5) is 12.1. The van der Waals surface area contributed by atoms with Gasteiger partial charge in [0.2, 0.25) is 0 Å². The van der Waals surface area contributed by atoms with Crippen molar-refractivity contribution in [1.29, 1.82) is 0 Å². The Morgan fingerprint density at radius 3 is 2.41 bits per heavy atom. The Hall–Kier alpha value is -2.13. The standard InChI is InChI=1S/C14H13NO2/c1-10-5-7-11(8-6-10)14(16)12-3-2-4-13(9-12)15-17/h2-9,15,17H,1H3. The molecule has 2 aromatic rings. The zero-order valence-corrected chi connectivity index (χ0v) is 9.47. The quantitative estimate of drug-likeness (QED) is 0.626. The van der Waals surface area contributed by atoms with E-state index in [1.165, 1.54) is 0 Å². The fourth-order valence-electron chi connectivity index (χ4n) is 1.60. The third-order valence-electron chi connectivity index (χ3n) is 2.57. The van der Waals surface area contributed by atoms with Crippen molar-refractivity contribution in [2.45, 2.75) is 6.92 Å². The van der Waals surface area contributed by atoms with Gasteiger partial charge < -0.3 is 0 Å². The fourth-order valence-corrected chi connectivity index (χ4v) is 1.60. The SMILES string of the molecule is Cc1ccc(C(=O)c2cccc(NO)c2)cc1. The number of carbonyl (C=O) groups is 1. The minimum atomic E-state index is -0.0536. The Morgan fingerprint density at radius 2 is 1.76 bits per heavy atom. The van der Waals surface area contributed by atoms with Gasteiger partial charge in [-0.2, -0.15) is 0 Å². The zero-order valence-electron chi connectivity index (χ0n) is 9.47. The summed E-state index contributed by atoms with van der Waals surface area (Å²) in [5.41, 5.74) is 4.84. The van der Waals surface area contributed by atoms with Gasteiger partial charge in [-0.3, -0.25) is 15.5 Å². The van der Waals surface area contributed by atoms with Crippen LogP contribution >= 0.6 is 0 Å². The van der Waals surface area contributed by atoms with Crippen molar-refractivity contribution in [2.75, 3.05) is 5.48 Å². The second-order valence-corrected chi connectivity index (χ2v) is 3.89. The molecule has 0 fully saturated rings. The number of carbonyl (C=O) groups excluding carboxylic acids is 1. The fraction of sp³-hybridized carbons (Fsp3) is 0.0714. The number of aryl methyl sites for hydroxylation is 1. The second kappa shape index (κ2) is 4.80. The van der Waals surface area contributed by atoms with E-state index in [1.54, 1.807) is 36.4 Å². The van der Waals surface area contributed by atoms with Crippen molar-refractivity contribution in [2.24, 2.45) is 0 Å². The molecule has 0 amide bonds. The highest BCUT2D eigenvalue weighted by molar-refractivity contribution is 6.09. The van der Waals surface area contributed by atoms with E-state index in [0.29, 0.717) is 16.8 Å². The van der Waals surface area contributed by atoms with Crippen molar-refractivity contribution in [3.8, 4) is 0 Å². The largest absolute Gasteiger partial charge is 0.291 e. The molecule has 0 aliphatic rings. The molecule has 0 saturated carbocycles. The van der Waals surface area contributed by atoms with Crippen LogP contribution in [0.25, 0.3) is 0 Å². The molecule has 86 valence electrons. The third kappa shape index (κ3) is 2.52. The summed E-state index contributed by atoms with van der Waals surface area (Å²) in [7, 11) is 0. The predicted molar refractivity (Wildman–Crippen MR) is 66.5 cm³/mol. The monoisotopic (exact) mass is 227 g/mol. The lowest BCUT2D eigenvalue weighted by Crippen LogP contribution is -2.02. The molecule has 2 aromatic carbocycles. The van der Waals surface area contributed by atoms with Crippen molar-refractivity contribution < 1.29 is 10.0 Å². The average molecular weight is 227 g/mol. The van der Waals surface area contributed by atoms with Crippen LogP contribution in [-0.4, -0.2) is 11.0 Å². The molecule has 0 heterocycles. The number of nitrogens with one attached hydrogen (secondary N) is 1.